The lowest BCUT2D eigenvalue weighted by Gasteiger charge is -2.33. The van der Waals surface area contributed by atoms with E-state index in [9.17, 15) is 24.0 Å². The molecule has 13 nitrogen and oxygen atoms in total. The third-order valence-corrected chi connectivity index (χ3v) is 7.02. The Kier molecular flexibility index (Phi) is 11.2. The van der Waals surface area contributed by atoms with Gasteiger partial charge in [-0.05, 0) is 24.5 Å². The first kappa shape index (κ1) is 32.6. The van der Waals surface area contributed by atoms with Crippen LogP contribution in [0, 0.1) is 5.92 Å². The summed E-state index contributed by atoms with van der Waals surface area (Å²) in [5.41, 5.74) is 15.9. The lowest BCUT2D eigenvalue weighted by molar-refractivity contribution is -0.130. The quantitative estimate of drug-likeness (QED) is 0.147. The lowest BCUT2D eigenvalue weighted by Crippen LogP contribution is -2.51. The number of amides is 5. The Balaban J connectivity index is 1.64. The molecule has 43 heavy (non-hydrogen) atoms. The zero-order valence-corrected chi connectivity index (χ0v) is 24.7. The summed E-state index contributed by atoms with van der Waals surface area (Å²) >= 11 is 0. The normalized spacial score (nSPS) is 13.2. The number of nitrogens with zero attached hydrogens (tertiary/aromatic N) is 2. The molecule has 0 fully saturated rings. The largest absolute Gasteiger partial charge is 0.396 e. The molecular formula is C30H40N8O5. The number of anilines is 1. The topological polar surface area (TPSA) is 206 Å². The summed E-state index contributed by atoms with van der Waals surface area (Å²) in [6.07, 6.45) is -0.283. The molecular weight excluding hydrogens is 552 g/mol. The van der Waals surface area contributed by atoms with Crippen LogP contribution in [0.2, 0.25) is 0 Å². The van der Waals surface area contributed by atoms with E-state index in [1.54, 1.807) is 23.8 Å². The number of hydrogen-bond donors (Lipinski definition) is 6. The summed E-state index contributed by atoms with van der Waals surface area (Å²) in [7, 11) is 0. The van der Waals surface area contributed by atoms with E-state index < -0.39 is 36.2 Å². The van der Waals surface area contributed by atoms with Gasteiger partial charge in [-0.25, -0.2) is 5.84 Å². The fourth-order valence-electron chi connectivity index (χ4n) is 4.70. The Bertz CT molecular complexity index is 1410. The van der Waals surface area contributed by atoms with Crippen molar-refractivity contribution in [2.75, 3.05) is 24.5 Å². The highest BCUT2D eigenvalue weighted by molar-refractivity contribution is 6.02. The number of carbonyl (C=O) groups excluding carboxylic acids is 5. The molecule has 0 unspecified atom stereocenters. The van der Waals surface area contributed by atoms with Crippen LogP contribution in [-0.4, -0.2) is 60.2 Å². The first-order chi connectivity index (χ1) is 20.4. The number of hydrazine groups is 1. The van der Waals surface area contributed by atoms with E-state index in [2.05, 4.69) is 16.0 Å². The highest BCUT2D eigenvalue weighted by Gasteiger charge is 2.28. The summed E-state index contributed by atoms with van der Waals surface area (Å²) in [6.45, 7) is 5.28. The maximum Gasteiger partial charge on any atom is 0.240 e. The number of fused-ring (bicyclic) bond motifs is 2. The van der Waals surface area contributed by atoms with E-state index in [1.165, 1.54) is 0 Å². The number of rotatable bonds is 12. The lowest BCUT2D eigenvalue weighted by atomic mass is 9.95. The van der Waals surface area contributed by atoms with Gasteiger partial charge in [0.15, 0.2) is 0 Å². The first-order valence-corrected chi connectivity index (χ1v) is 14.1. The third-order valence-electron chi connectivity index (χ3n) is 7.02. The van der Waals surface area contributed by atoms with Gasteiger partial charge in [0, 0.05) is 30.5 Å². The molecule has 1 heterocycles. The maximum atomic E-state index is 13.6. The van der Waals surface area contributed by atoms with Gasteiger partial charge in [-0.2, -0.15) is 0 Å². The van der Waals surface area contributed by atoms with E-state index in [0.29, 0.717) is 29.2 Å². The van der Waals surface area contributed by atoms with Gasteiger partial charge >= 0.3 is 0 Å². The minimum atomic E-state index is -0.864. The third kappa shape index (κ3) is 8.32. The van der Waals surface area contributed by atoms with Crippen LogP contribution in [0.3, 0.4) is 0 Å². The van der Waals surface area contributed by atoms with Crippen molar-refractivity contribution in [3.63, 3.8) is 0 Å². The second kappa shape index (κ2) is 14.8. The number of para-hydroxylation sites is 1. The van der Waals surface area contributed by atoms with Gasteiger partial charge in [-0.15, -0.1) is 0 Å². The number of hydrogen-bond acceptors (Lipinski definition) is 8. The number of primary amides is 1. The van der Waals surface area contributed by atoms with Crippen LogP contribution >= 0.6 is 0 Å². The molecule has 5 amide bonds. The summed E-state index contributed by atoms with van der Waals surface area (Å²) in [5.74, 6) is 3.46. The van der Waals surface area contributed by atoms with Crippen LogP contribution in [-0.2, 0) is 30.5 Å². The molecule has 13 heteroatoms. The van der Waals surface area contributed by atoms with Gasteiger partial charge < -0.3 is 37.3 Å². The van der Waals surface area contributed by atoms with Crippen LogP contribution in [0.15, 0.2) is 48.5 Å². The summed E-state index contributed by atoms with van der Waals surface area (Å²) < 4.78 is 0. The van der Waals surface area contributed by atoms with Crippen molar-refractivity contribution in [3.05, 3.63) is 65.2 Å². The molecule has 2 aromatic carbocycles. The fraction of sp³-hybridized carbons (Fsp3) is 0.367. The van der Waals surface area contributed by atoms with E-state index in [0.717, 1.165) is 11.1 Å². The Labute approximate surface area is 250 Å². The molecule has 230 valence electrons. The molecule has 1 aliphatic heterocycles. The van der Waals surface area contributed by atoms with E-state index in [-0.39, 0.29) is 37.8 Å². The van der Waals surface area contributed by atoms with E-state index in [4.69, 9.17) is 17.3 Å². The minimum Gasteiger partial charge on any atom is -0.396 e. The summed E-state index contributed by atoms with van der Waals surface area (Å²) in [5, 5.41) is 8.83. The zero-order chi connectivity index (χ0) is 31.7. The molecule has 0 spiro atoms. The van der Waals surface area contributed by atoms with Crippen molar-refractivity contribution in [2.45, 2.75) is 46.2 Å². The van der Waals surface area contributed by atoms with Crippen molar-refractivity contribution in [1.82, 2.24) is 21.0 Å². The molecule has 1 atom stereocenters. The minimum absolute atomic E-state index is 0.120. The summed E-state index contributed by atoms with van der Waals surface area (Å²) in [4.78, 5) is 63.3. The SMILES string of the molecule is CCN(N)C1=C(N)c2ccccc2CN(C(=O)CCC(=O)NCC(=O)NCC(=O)N[C@H](C(N)=O)C(C)C)c2ccccc21. The predicted molar refractivity (Wildman–Crippen MR) is 163 cm³/mol. The van der Waals surface area contributed by atoms with Crippen molar-refractivity contribution < 1.29 is 24.0 Å². The van der Waals surface area contributed by atoms with Gasteiger partial charge in [0.1, 0.15) is 6.04 Å². The van der Waals surface area contributed by atoms with Gasteiger partial charge in [0.2, 0.25) is 29.5 Å². The van der Waals surface area contributed by atoms with Crippen LogP contribution in [0.1, 0.15) is 50.3 Å². The highest BCUT2D eigenvalue weighted by atomic mass is 16.2. The van der Waals surface area contributed by atoms with Gasteiger partial charge in [0.05, 0.1) is 36.7 Å². The Hall–Kier alpha value is -4.91. The fourth-order valence-corrected chi connectivity index (χ4v) is 4.70. The van der Waals surface area contributed by atoms with Crippen LogP contribution in [0.5, 0.6) is 0 Å². The molecule has 0 radical (unpaired) electrons. The van der Waals surface area contributed by atoms with Gasteiger partial charge in [-0.1, -0.05) is 56.3 Å². The molecule has 0 aromatic heterocycles. The summed E-state index contributed by atoms with van der Waals surface area (Å²) in [6, 6.07) is 14.0. The van der Waals surface area contributed by atoms with Crippen molar-refractivity contribution in [3.8, 4) is 0 Å². The van der Waals surface area contributed by atoms with E-state index in [1.807, 2.05) is 55.5 Å². The second-order valence-corrected chi connectivity index (χ2v) is 10.4. The van der Waals surface area contributed by atoms with Crippen LogP contribution < -0.4 is 38.2 Å². The smallest absolute Gasteiger partial charge is 0.240 e. The Morgan fingerprint density at radius 1 is 0.884 bits per heavy atom. The Morgan fingerprint density at radius 3 is 2.14 bits per heavy atom. The van der Waals surface area contributed by atoms with Crippen LogP contribution in [0.25, 0.3) is 11.4 Å². The van der Waals surface area contributed by atoms with Crippen molar-refractivity contribution in [2.24, 2.45) is 23.2 Å². The Morgan fingerprint density at radius 2 is 1.49 bits per heavy atom. The number of nitrogens with one attached hydrogen (secondary N) is 3. The van der Waals surface area contributed by atoms with Gasteiger partial charge in [0.25, 0.3) is 0 Å². The molecule has 0 saturated carbocycles. The molecule has 3 rings (SSSR count). The predicted octanol–water partition coefficient (Wildman–Crippen LogP) is 0.152. The van der Waals surface area contributed by atoms with Crippen molar-refractivity contribution in [1.29, 1.82) is 0 Å². The van der Waals surface area contributed by atoms with Gasteiger partial charge in [-0.3, -0.25) is 24.0 Å². The second-order valence-electron chi connectivity index (χ2n) is 10.4. The molecule has 0 aliphatic carbocycles. The molecule has 1 aliphatic rings. The number of nitrogens with two attached hydrogens (primary N) is 3. The monoisotopic (exact) mass is 592 g/mol. The molecule has 0 bridgehead atoms. The zero-order valence-electron chi connectivity index (χ0n) is 24.7. The number of carbonyl (C=O) groups is 5. The van der Waals surface area contributed by atoms with E-state index >= 15 is 0 Å². The standard InChI is InChI=1S/C30H40N8O5/c1-4-38(33)29-21-11-7-8-12-22(21)37(17-19-9-5-6-10-20(19)27(29)31)26(42)14-13-23(39)34-15-24(40)35-16-25(41)36-28(18(2)3)30(32)43/h5-12,18,28H,4,13-17,31,33H2,1-3H3,(H2,32,43)(H,34,39)(H,35,40)(H,36,41)/t28-/m0/s1. The maximum absolute atomic E-state index is 13.6. The first-order valence-electron chi connectivity index (χ1n) is 14.1. The van der Waals surface area contributed by atoms with Crippen LogP contribution in [0.4, 0.5) is 5.69 Å². The average molecular weight is 593 g/mol. The molecule has 2 aromatic rings. The highest BCUT2D eigenvalue weighted by Crippen LogP contribution is 2.37. The average Bonchev–Trinajstić information content (AvgIpc) is 2.98. The van der Waals surface area contributed by atoms with Crippen molar-refractivity contribution >= 4 is 46.6 Å². The molecule has 0 saturated heterocycles. The molecule has 9 N–H and O–H groups in total. The number of benzene rings is 2.